The molecule has 1 atom stereocenters. The lowest BCUT2D eigenvalue weighted by atomic mass is 9.85. The topological polar surface area (TPSA) is 210 Å². The summed E-state index contributed by atoms with van der Waals surface area (Å²) in [7, 11) is 0. The number of esters is 1. The van der Waals surface area contributed by atoms with Crippen LogP contribution in [0.2, 0.25) is 0 Å². The van der Waals surface area contributed by atoms with Gasteiger partial charge in [0.25, 0.3) is 0 Å². The van der Waals surface area contributed by atoms with Gasteiger partial charge < -0.3 is 32.6 Å². The van der Waals surface area contributed by atoms with E-state index in [0.29, 0.717) is 16.0 Å². The Kier molecular flexibility index (Phi) is 9.92. The zero-order valence-corrected chi connectivity index (χ0v) is 22.1. The maximum Gasteiger partial charge on any atom is 0.306 e. The van der Waals surface area contributed by atoms with Crippen molar-refractivity contribution in [3.05, 3.63) is 57.3 Å². The first kappa shape index (κ1) is 29.5. The number of amidine groups is 2. The van der Waals surface area contributed by atoms with E-state index in [9.17, 15) is 14.4 Å². The highest BCUT2D eigenvalue weighted by Crippen LogP contribution is 2.20. The second-order valence-corrected chi connectivity index (χ2v) is 10.8. The van der Waals surface area contributed by atoms with E-state index in [4.69, 9.17) is 32.8 Å². The number of amides is 2. The number of nitrogen functional groups attached to an aromatic ring is 2. The fourth-order valence-electron chi connectivity index (χ4n) is 3.42. The minimum Gasteiger partial charge on any atom is -0.460 e. The van der Waals surface area contributed by atoms with Crippen LogP contribution in [0.5, 0.6) is 0 Å². The van der Waals surface area contributed by atoms with Crippen molar-refractivity contribution in [2.24, 2.45) is 17.2 Å². The second kappa shape index (κ2) is 12.5. The number of carbonyl (C=O) groups excluding carboxylic acids is 3. The Hall–Kier alpha value is -3.77. The molecule has 0 bridgehead atoms. The minimum absolute atomic E-state index is 0.0251. The number of ether oxygens (including phenoxy) is 1. The smallest absolute Gasteiger partial charge is 0.306 e. The SMILES string of the molecule is CC(C)(C)OC(=O)CC[C@](N)(Cc1cccc(C(=N)N)c1)C(=O)NCC(=O)NCc1ccc(C(=N)N)s1. The summed E-state index contributed by atoms with van der Waals surface area (Å²) in [6.07, 6.45) is -0.0767. The number of benzene rings is 1. The standard InChI is InChI=1S/C25H35N7O4S/c1-24(2,3)36-20(34)9-10-25(30,12-15-5-4-6-16(11-15)21(26)27)23(35)32-14-19(33)31-13-17-7-8-18(37-17)22(28)29/h4-8,11H,9-10,12-14,30H2,1-3H3,(H3,26,27)(H3,28,29)(H,31,33)(H,32,35)/t25-/m0/s1. The van der Waals surface area contributed by atoms with Crippen molar-refractivity contribution in [1.82, 2.24) is 10.6 Å². The molecule has 2 amide bonds. The molecule has 0 fully saturated rings. The molecule has 0 saturated carbocycles. The fourth-order valence-corrected chi connectivity index (χ4v) is 4.22. The van der Waals surface area contributed by atoms with Crippen molar-refractivity contribution in [2.75, 3.05) is 6.54 Å². The van der Waals surface area contributed by atoms with E-state index in [1.54, 1.807) is 57.2 Å². The van der Waals surface area contributed by atoms with Crippen molar-refractivity contribution in [3.63, 3.8) is 0 Å². The van der Waals surface area contributed by atoms with Crippen molar-refractivity contribution in [2.45, 2.75) is 57.7 Å². The van der Waals surface area contributed by atoms with Crippen LogP contribution in [-0.2, 0) is 32.1 Å². The van der Waals surface area contributed by atoms with E-state index in [1.165, 1.54) is 11.3 Å². The van der Waals surface area contributed by atoms with Gasteiger partial charge in [-0.05, 0) is 57.4 Å². The van der Waals surface area contributed by atoms with Gasteiger partial charge in [0.2, 0.25) is 11.8 Å². The predicted molar refractivity (Wildman–Crippen MR) is 143 cm³/mol. The molecule has 1 heterocycles. The summed E-state index contributed by atoms with van der Waals surface area (Å²) >= 11 is 1.29. The summed E-state index contributed by atoms with van der Waals surface area (Å²) in [5.74, 6) is -1.70. The Labute approximate surface area is 220 Å². The van der Waals surface area contributed by atoms with E-state index in [0.717, 1.165) is 4.88 Å². The third-order valence-corrected chi connectivity index (χ3v) is 6.32. The number of carbonyl (C=O) groups is 3. The molecule has 1 aromatic heterocycles. The number of hydrogen-bond acceptors (Lipinski definition) is 8. The molecule has 2 rings (SSSR count). The van der Waals surface area contributed by atoms with Crippen LogP contribution in [0.25, 0.3) is 0 Å². The van der Waals surface area contributed by atoms with Gasteiger partial charge in [-0.25, -0.2) is 0 Å². The molecule has 0 aliphatic heterocycles. The first-order valence-electron chi connectivity index (χ1n) is 11.6. The molecule has 0 saturated heterocycles. The lowest BCUT2D eigenvalue weighted by Gasteiger charge is -2.29. The Morgan fingerprint density at radius 1 is 1.03 bits per heavy atom. The molecular weight excluding hydrogens is 494 g/mol. The summed E-state index contributed by atoms with van der Waals surface area (Å²) in [4.78, 5) is 39.2. The first-order chi connectivity index (χ1) is 17.2. The summed E-state index contributed by atoms with van der Waals surface area (Å²) in [6.45, 7) is 5.14. The van der Waals surface area contributed by atoms with Crippen molar-refractivity contribution in [3.8, 4) is 0 Å². The van der Waals surface area contributed by atoms with Gasteiger partial charge in [0.15, 0.2) is 0 Å². The van der Waals surface area contributed by atoms with E-state index in [-0.39, 0.29) is 44.0 Å². The van der Waals surface area contributed by atoms with E-state index in [1.807, 2.05) is 0 Å². The monoisotopic (exact) mass is 529 g/mol. The fraction of sp³-hybridized carbons (Fsp3) is 0.400. The third-order valence-electron chi connectivity index (χ3n) is 5.20. The average Bonchev–Trinajstić information content (AvgIpc) is 3.28. The zero-order chi connectivity index (χ0) is 27.8. The molecule has 37 heavy (non-hydrogen) atoms. The minimum atomic E-state index is -1.53. The van der Waals surface area contributed by atoms with Gasteiger partial charge in [-0.2, -0.15) is 0 Å². The summed E-state index contributed by atoms with van der Waals surface area (Å²) in [6, 6.07) is 10.2. The summed E-state index contributed by atoms with van der Waals surface area (Å²) in [5.41, 5.74) is 16.5. The number of hydrogen-bond donors (Lipinski definition) is 7. The van der Waals surface area contributed by atoms with Crippen molar-refractivity contribution >= 4 is 40.8 Å². The molecule has 1 aromatic carbocycles. The molecule has 0 radical (unpaired) electrons. The number of rotatable bonds is 12. The number of thiophene rings is 1. The third kappa shape index (κ3) is 9.66. The second-order valence-electron chi connectivity index (χ2n) is 9.67. The molecule has 0 spiro atoms. The molecule has 200 valence electrons. The van der Waals surface area contributed by atoms with Crippen LogP contribution in [0.1, 0.15) is 54.5 Å². The van der Waals surface area contributed by atoms with Gasteiger partial charge in [0.05, 0.1) is 23.5 Å². The normalized spacial score (nSPS) is 12.8. The zero-order valence-electron chi connectivity index (χ0n) is 21.3. The largest absolute Gasteiger partial charge is 0.460 e. The van der Waals surface area contributed by atoms with Gasteiger partial charge in [-0.15, -0.1) is 11.3 Å². The Bertz CT molecular complexity index is 1170. The highest BCUT2D eigenvalue weighted by molar-refractivity contribution is 7.14. The van der Waals surface area contributed by atoms with Crippen molar-refractivity contribution in [1.29, 1.82) is 10.8 Å². The van der Waals surface area contributed by atoms with E-state index < -0.39 is 28.9 Å². The van der Waals surface area contributed by atoms with Gasteiger partial charge in [-0.1, -0.05) is 18.2 Å². The quantitative estimate of drug-likeness (QED) is 0.121. The Morgan fingerprint density at radius 3 is 2.32 bits per heavy atom. The molecule has 2 aromatic rings. The highest BCUT2D eigenvalue weighted by Gasteiger charge is 2.35. The van der Waals surface area contributed by atoms with Crippen LogP contribution in [0.4, 0.5) is 0 Å². The maximum absolute atomic E-state index is 13.2. The Balaban J connectivity index is 2.07. The van der Waals surface area contributed by atoms with E-state index >= 15 is 0 Å². The lowest BCUT2D eigenvalue weighted by Crippen LogP contribution is -2.57. The first-order valence-corrected chi connectivity index (χ1v) is 12.4. The van der Waals surface area contributed by atoms with Crippen LogP contribution >= 0.6 is 11.3 Å². The lowest BCUT2D eigenvalue weighted by molar-refractivity contribution is -0.155. The number of nitrogens with one attached hydrogen (secondary N) is 4. The summed E-state index contributed by atoms with van der Waals surface area (Å²) in [5, 5.41) is 20.4. The summed E-state index contributed by atoms with van der Waals surface area (Å²) < 4.78 is 5.35. The van der Waals surface area contributed by atoms with E-state index in [2.05, 4.69) is 10.6 Å². The van der Waals surface area contributed by atoms with Gasteiger partial charge >= 0.3 is 5.97 Å². The molecule has 12 heteroatoms. The van der Waals surface area contributed by atoms with Gasteiger partial charge in [0, 0.05) is 16.9 Å². The Morgan fingerprint density at radius 2 is 1.73 bits per heavy atom. The van der Waals surface area contributed by atoms with Gasteiger partial charge in [-0.3, -0.25) is 25.2 Å². The molecular formula is C25H35N7O4S. The van der Waals surface area contributed by atoms with Crippen LogP contribution in [0.3, 0.4) is 0 Å². The van der Waals surface area contributed by atoms with Gasteiger partial charge in [0.1, 0.15) is 17.3 Å². The van der Waals surface area contributed by atoms with Crippen molar-refractivity contribution < 1.29 is 19.1 Å². The average molecular weight is 530 g/mol. The molecule has 0 aliphatic rings. The number of nitrogens with two attached hydrogens (primary N) is 3. The van der Waals surface area contributed by atoms with Crippen LogP contribution in [-0.4, -0.2) is 47.1 Å². The highest BCUT2D eigenvalue weighted by atomic mass is 32.1. The molecule has 0 unspecified atom stereocenters. The molecule has 11 nitrogen and oxygen atoms in total. The maximum atomic E-state index is 13.2. The van der Waals surface area contributed by atoms with Crippen LogP contribution in [0, 0.1) is 10.8 Å². The van der Waals surface area contributed by atoms with Crippen LogP contribution < -0.4 is 27.8 Å². The molecule has 0 aliphatic carbocycles. The predicted octanol–water partition coefficient (Wildman–Crippen LogP) is 1.11. The molecule has 10 N–H and O–H groups in total. The van der Waals surface area contributed by atoms with Crippen LogP contribution in [0.15, 0.2) is 36.4 Å².